The molecule has 4 aromatic rings. The fourth-order valence-electron chi connectivity index (χ4n) is 3.66. The Morgan fingerprint density at radius 2 is 1.83 bits per heavy atom. The molecule has 11 heteroatoms. The summed E-state index contributed by atoms with van der Waals surface area (Å²) in [6, 6.07) is 14.2. The fourth-order valence-corrected chi connectivity index (χ4v) is 4.48. The van der Waals surface area contributed by atoms with Gasteiger partial charge in [0, 0.05) is 46.7 Å². The van der Waals surface area contributed by atoms with Crippen molar-refractivity contribution < 1.29 is 19.3 Å². The summed E-state index contributed by atoms with van der Waals surface area (Å²) in [5.41, 5.74) is 2.52. The summed E-state index contributed by atoms with van der Waals surface area (Å²) in [4.78, 5) is 57.7. The molecule has 1 aliphatic rings. The van der Waals surface area contributed by atoms with Gasteiger partial charge in [0.05, 0.1) is 21.7 Å². The SMILES string of the molecule is O=C(CN1C(=O)c2ccc([N+](=O)[O-])cc2C1=O)Nc1cccc(-c2csc(-c3cccnc3)n2)c1. The molecule has 0 fully saturated rings. The normalized spacial score (nSPS) is 12.5. The summed E-state index contributed by atoms with van der Waals surface area (Å²) in [6.07, 6.45) is 3.42. The van der Waals surface area contributed by atoms with Crippen LogP contribution in [0.3, 0.4) is 0 Å². The molecule has 0 bridgehead atoms. The average Bonchev–Trinajstić information content (AvgIpc) is 3.45. The number of amides is 3. The lowest BCUT2D eigenvalue weighted by molar-refractivity contribution is -0.384. The zero-order chi connectivity index (χ0) is 24.5. The van der Waals surface area contributed by atoms with E-state index in [4.69, 9.17) is 0 Å². The molecule has 0 unspecified atom stereocenters. The summed E-state index contributed by atoms with van der Waals surface area (Å²) in [6.45, 7) is -0.522. The summed E-state index contributed by atoms with van der Waals surface area (Å²) < 4.78 is 0. The van der Waals surface area contributed by atoms with Gasteiger partial charge in [0.1, 0.15) is 11.6 Å². The molecule has 0 spiro atoms. The van der Waals surface area contributed by atoms with Gasteiger partial charge in [0.2, 0.25) is 5.91 Å². The van der Waals surface area contributed by atoms with Gasteiger partial charge in [0.15, 0.2) is 0 Å². The van der Waals surface area contributed by atoms with E-state index in [0.717, 1.165) is 38.9 Å². The van der Waals surface area contributed by atoms with Crippen molar-refractivity contribution in [1.82, 2.24) is 14.9 Å². The number of nitrogens with zero attached hydrogens (tertiary/aromatic N) is 4. The number of aromatic nitrogens is 2. The molecule has 0 atom stereocenters. The highest BCUT2D eigenvalue weighted by Crippen LogP contribution is 2.30. The van der Waals surface area contributed by atoms with Crippen molar-refractivity contribution in [3.63, 3.8) is 0 Å². The van der Waals surface area contributed by atoms with E-state index in [1.54, 1.807) is 30.6 Å². The minimum atomic E-state index is -0.747. The lowest BCUT2D eigenvalue weighted by Gasteiger charge is -2.14. The predicted octanol–water partition coefficient (Wildman–Crippen LogP) is 4.02. The van der Waals surface area contributed by atoms with Crippen molar-refractivity contribution in [2.45, 2.75) is 0 Å². The highest BCUT2D eigenvalue weighted by molar-refractivity contribution is 7.13. The Bertz CT molecular complexity index is 1500. The molecular weight excluding hydrogens is 470 g/mol. The van der Waals surface area contributed by atoms with E-state index in [1.165, 1.54) is 17.4 Å². The number of carbonyl (C=O) groups is 3. The minimum absolute atomic E-state index is 0.0309. The Morgan fingerprint density at radius 3 is 2.60 bits per heavy atom. The molecule has 3 heterocycles. The molecule has 172 valence electrons. The van der Waals surface area contributed by atoms with Gasteiger partial charge in [-0.1, -0.05) is 12.1 Å². The zero-order valence-corrected chi connectivity index (χ0v) is 18.7. The topological polar surface area (TPSA) is 135 Å². The van der Waals surface area contributed by atoms with Crippen LogP contribution in [0.1, 0.15) is 20.7 Å². The van der Waals surface area contributed by atoms with Gasteiger partial charge >= 0.3 is 0 Å². The maximum Gasteiger partial charge on any atom is 0.270 e. The van der Waals surface area contributed by atoms with Crippen LogP contribution >= 0.6 is 11.3 Å². The predicted molar refractivity (Wildman–Crippen MR) is 128 cm³/mol. The third-order valence-electron chi connectivity index (χ3n) is 5.32. The Morgan fingerprint density at radius 1 is 1.03 bits per heavy atom. The lowest BCUT2D eigenvalue weighted by Crippen LogP contribution is -2.37. The number of anilines is 1. The number of imide groups is 1. The van der Waals surface area contributed by atoms with E-state index < -0.39 is 29.2 Å². The van der Waals surface area contributed by atoms with Crippen molar-refractivity contribution in [3.8, 4) is 21.8 Å². The van der Waals surface area contributed by atoms with Crippen LogP contribution in [0.5, 0.6) is 0 Å². The van der Waals surface area contributed by atoms with Crippen LogP contribution in [0, 0.1) is 10.1 Å². The minimum Gasteiger partial charge on any atom is -0.325 e. The van der Waals surface area contributed by atoms with Crippen LogP contribution in [0.25, 0.3) is 21.8 Å². The molecule has 1 N–H and O–H groups in total. The molecule has 2 aromatic heterocycles. The van der Waals surface area contributed by atoms with Gasteiger partial charge in [-0.15, -0.1) is 11.3 Å². The largest absolute Gasteiger partial charge is 0.325 e. The third kappa shape index (κ3) is 4.27. The van der Waals surface area contributed by atoms with Gasteiger partial charge in [0.25, 0.3) is 17.5 Å². The number of nitrogens with one attached hydrogen (secondary N) is 1. The number of carbonyl (C=O) groups excluding carboxylic acids is 3. The number of hydrogen-bond donors (Lipinski definition) is 1. The van der Waals surface area contributed by atoms with Crippen LogP contribution in [0.15, 0.2) is 72.4 Å². The van der Waals surface area contributed by atoms with Crippen LogP contribution < -0.4 is 5.32 Å². The Kier molecular flexibility index (Phi) is 5.59. The van der Waals surface area contributed by atoms with Crippen LogP contribution in [0.2, 0.25) is 0 Å². The highest BCUT2D eigenvalue weighted by atomic mass is 32.1. The number of nitro groups is 1. The molecule has 0 aliphatic carbocycles. The smallest absolute Gasteiger partial charge is 0.270 e. The number of hydrogen-bond acceptors (Lipinski definition) is 8. The molecule has 0 radical (unpaired) electrons. The molecule has 1 aliphatic heterocycles. The number of thiazole rings is 1. The Labute approximate surface area is 202 Å². The Balaban J connectivity index is 1.29. The molecule has 0 saturated carbocycles. The first-order valence-corrected chi connectivity index (χ1v) is 11.2. The molecule has 10 nitrogen and oxygen atoms in total. The molecule has 3 amide bonds. The Hall–Kier alpha value is -4.77. The van der Waals surface area contributed by atoms with Crippen molar-refractivity contribution in [1.29, 1.82) is 0 Å². The first-order chi connectivity index (χ1) is 16.9. The van der Waals surface area contributed by atoms with Crippen LogP contribution in [0.4, 0.5) is 11.4 Å². The zero-order valence-electron chi connectivity index (χ0n) is 17.9. The quantitative estimate of drug-likeness (QED) is 0.248. The monoisotopic (exact) mass is 485 g/mol. The third-order valence-corrected chi connectivity index (χ3v) is 6.21. The first kappa shape index (κ1) is 22.0. The summed E-state index contributed by atoms with van der Waals surface area (Å²) in [7, 11) is 0. The van der Waals surface area contributed by atoms with E-state index in [9.17, 15) is 24.5 Å². The van der Waals surface area contributed by atoms with Crippen LogP contribution in [-0.2, 0) is 4.79 Å². The standard InChI is InChI=1S/C24H15N5O5S/c30-21(12-28-23(31)18-7-6-17(29(33)34)10-19(18)24(28)32)26-16-5-1-3-14(9-16)20-13-35-22(27-20)15-4-2-8-25-11-15/h1-11,13H,12H2,(H,26,30). The number of rotatable bonds is 6. The van der Waals surface area contributed by atoms with Crippen molar-refractivity contribution in [2.24, 2.45) is 0 Å². The van der Waals surface area contributed by atoms with Crippen molar-refractivity contribution >= 4 is 40.4 Å². The second kappa shape index (κ2) is 8.88. The van der Waals surface area contributed by atoms with Gasteiger partial charge in [-0.25, -0.2) is 4.98 Å². The number of nitro benzene ring substituents is 1. The highest BCUT2D eigenvalue weighted by Gasteiger charge is 2.37. The van der Waals surface area contributed by atoms with Crippen molar-refractivity contribution in [3.05, 3.63) is 93.6 Å². The summed E-state index contributed by atoms with van der Waals surface area (Å²) >= 11 is 1.47. The molecule has 5 rings (SSSR count). The number of fused-ring (bicyclic) bond motifs is 1. The molecule has 35 heavy (non-hydrogen) atoms. The van der Waals surface area contributed by atoms with E-state index in [1.807, 2.05) is 23.6 Å². The second-order valence-electron chi connectivity index (χ2n) is 7.59. The van der Waals surface area contributed by atoms with E-state index in [-0.39, 0.29) is 16.8 Å². The maximum absolute atomic E-state index is 12.6. The van der Waals surface area contributed by atoms with E-state index in [2.05, 4.69) is 15.3 Å². The number of pyridine rings is 1. The van der Waals surface area contributed by atoms with E-state index >= 15 is 0 Å². The lowest BCUT2D eigenvalue weighted by atomic mass is 10.1. The van der Waals surface area contributed by atoms with Gasteiger partial charge < -0.3 is 5.32 Å². The summed E-state index contributed by atoms with van der Waals surface area (Å²) in [5.74, 6) is -2.00. The average molecular weight is 485 g/mol. The van der Waals surface area contributed by atoms with Crippen molar-refractivity contribution in [2.75, 3.05) is 11.9 Å². The van der Waals surface area contributed by atoms with Gasteiger partial charge in [-0.05, 0) is 30.3 Å². The first-order valence-electron chi connectivity index (χ1n) is 10.3. The van der Waals surface area contributed by atoms with Crippen LogP contribution in [-0.4, -0.2) is 44.1 Å². The van der Waals surface area contributed by atoms with Gasteiger partial charge in [-0.2, -0.15) is 0 Å². The molecule has 2 aromatic carbocycles. The fraction of sp³-hybridized carbons (Fsp3) is 0.0417. The second-order valence-corrected chi connectivity index (χ2v) is 8.45. The number of benzene rings is 2. The molecular formula is C24H15N5O5S. The summed E-state index contributed by atoms with van der Waals surface area (Å²) in [5, 5.41) is 16.4. The number of non-ortho nitro benzene ring substituents is 1. The van der Waals surface area contributed by atoms with Gasteiger partial charge in [-0.3, -0.25) is 34.4 Å². The maximum atomic E-state index is 12.6. The van der Waals surface area contributed by atoms with E-state index in [0.29, 0.717) is 5.69 Å². The molecule has 0 saturated heterocycles.